The van der Waals surface area contributed by atoms with E-state index >= 15 is 0 Å². The third-order valence-electron chi connectivity index (χ3n) is 6.30. The summed E-state index contributed by atoms with van der Waals surface area (Å²) in [5, 5.41) is 19.0. The van der Waals surface area contributed by atoms with Gasteiger partial charge in [-0.25, -0.2) is 9.89 Å². The van der Waals surface area contributed by atoms with Crippen LogP contribution >= 0.6 is 0 Å². The van der Waals surface area contributed by atoms with Gasteiger partial charge in [-0.05, 0) is 83.3 Å². The van der Waals surface area contributed by atoms with Gasteiger partial charge in [-0.15, -0.1) is 5.10 Å². The maximum atomic E-state index is 12.9. The van der Waals surface area contributed by atoms with E-state index in [1.54, 1.807) is 25.1 Å². The Hall–Kier alpha value is -4.53. The minimum atomic E-state index is -0.480. The molecule has 0 aliphatic heterocycles. The topological polar surface area (TPSA) is 113 Å². The summed E-state index contributed by atoms with van der Waals surface area (Å²) in [5.41, 5.74) is 3.36. The Morgan fingerprint density at radius 2 is 1.87 bits per heavy atom. The minimum absolute atomic E-state index is 0.240. The van der Waals surface area contributed by atoms with Gasteiger partial charge in [0, 0.05) is 31.8 Å². The van der Waals surface area contributed by atoms with Crippen LogP contribution in [0.4, 0.5) is 11.4 Å². The number of nitrogens with one attached hydrogen (secondary N) is 2. The van der Waals surface area contributed by atoms with Crippen molar-refractivity contribution in [2.24, 2.45) is 0 Å². The number of aromatic amines is 1. The quantitative estimate of drug-likeness (QED) is 0.165. The van der Waals surface area contributed by atoms with Crippen LogP contribution in [-0.4, -0.2) is 52.7 Å². The second-order valence-electron chi connectivity index (χ2n) is 9.06. The summed E-state index contributed by atoms with van der Waals surface area (Å²) in [6.07, 6.45) is 4.15. The summed E-state index contributed by atoms with van der Waals surface area (Å²) >= 11 is 0. The molecule has 0 unspecified atom stereocenters. The molecule has 4 aromatic rings. The molecule has 0 fully saturated rings. The number of aryl methyl sites for hydroxylation is 1. The third kappa shape index (κ3) is 6.82. The van der Waals surface area contributed by atoms with Crippen molar-refractivity contribution in [3.63, 3.8) is 0 Å². The van der Waals surface area contributed by atoms with Gasteiger partial charge in [-0.2, -0.15) is 0 Å². The highest BCUT2D eigenvalue weighted by atomic mass is 16.5. The molecule has 1 aromatic heterocycles. The van der Waals surface area contributed by atoms with Gasteiger partial charge in [0.15, 0.2) is 0 Å². The van der Waals surface area contributed by atoms with Crippen LogP contribution in [0, 0.1) is 0 Å². The molecule has 4 rings (SSSR count). The van der Waals surface area contributed by atoms with Crippen molar-refractivity contribution in [3.05, 3.63) is 83.7 Å². The van der Waals surface area contributed by atoms with E-state index in [0.29, 0.717) is 11.3 Å². The van der Waals surface area contributed by atoms with Gasteiger partial charge in [-0.3, -0.25) is 4.79 Å². The molecule has 196 valence electrons. The number of aromatic nitrogens is 4. The van der Waals surface area contributed by atoms with E-state index in [0.717, 1.165) is 59.2 Å². The van der Waals surface area contributed by atoms with Gasteiger partial charge in [0.25, 0.3) is 0 Å². The van der Waals surface area contributed by atoms with Crippen LogP contribution in [0.15, 0.2) is 66.7 Å². The number of fused-ring (bicyclic) bond motifs is 1. The summed E-state index contributed by atoms with van der Waals surface area (Å²) in [6, 6.07) is 19.6. The van der Waals surface area contributed by atoms with E-state index < -0.39 is 5.97 Å². The normalized spacial score (nSPS) is 11.4. The number of hydrogen-bond donors (Lipinski definition) is 2. The van der Waals surface area contributed by atoms with Crippen LogP contribution in [0.25, 0.3) is 16.3 Å². The van der Waals surface area contributed by atoms with Gasteiger partial charge >= 0.3 is 5.97 Å². The third-order valence-corrected chi connectivity index (χ3v) is 6.30. The van der Waals surface area contributed by atoms with Gasteiger partial charge in [0.1, 0.15) is 5.82 Å². The van der Waals surface area contributed by atoms with E-state index in [-0.39, 0.29) is 12.5 Å². The van der Waals surface area contributed by atoms with Crippen LogP contribution in [0.5, 0.6) is 0 Å². The fourth-order valence-electron chi connectivity index (χ4n) is 4.19. The Labute approximate surface area is 221 Å². The molecule has 1 heterocycles. The molecular formula is C29H32N6O3. The van der Waals surface area contributed by atoms with Crippen molar-refractivity contribution in [1.82, 2.24) is 20.6 Å². The van der Waals surface area contributed by atoms with E-state index in [9.17, 15) is 9.59 Å². The number of nitrogens with zero attached hydrogens (tertiary/aromatic N) is 4. The fraction of sp³-hybridized carbons (Fsp3) is 0.276. The highest BCUT2D eigenvalue weighted by molar-refractivity contribution is 6.08. The monoisotopic (exact) mass is 512 g/mol. The second-order valence-corrected chi connectivity index (χ2v) is 9.06. The number of tetrazole rings is 1. The first-order valence-electron chi connectivity index (χ1n) is 12.7. The van der Waals surface area contributed by atoms with Crippen molar-refractivity contribution in [2.45, 2.75) is 33.1 Å². The predicted molar refractivity (Wildman–Crippen MR) is 149 cm³/mol. The largest absolute Gasteiger partial charge is 0.462 e. The van der Waals surface area contributed by atoms with E-state index in [1.165, 1.54) is 0 Å². The zero-order valence-electron chi connectivity index (χ0n) is 21.9. The number of hydrogen-bond acceptors (Lipinski definition) is 7. The summed E-state index contributed by atoms with van der Waals surface area (Å²) < 4.78 is 5.27. The molecular weight excluding hydrogens is 480 g/mol. The Bertz CT molecular complexity index is 1430. The lowest BCUT2D eigenvalue weighted by Crippen LogP contribution is -2.20. The Morgan fingerprint density at radius 1 is 1.05 bits per heavy atom. The summed E-state index contributed by atoms with van der Waals surface area (Å²) in [4.78, 5) is 27.7. The first kappa shape index (κ1) is 26.5. The molecule has 0 saturated carbocycles. The van der Waals surface area contributed by atoms with E-state index in [2.05, 4.69) is 43.0 Å². The average molecular weight is 513 g/mol. The molecule has 9 heteroatoms. The van der Waals surface area contributed by atoms with Crippen LogP contribution in [0.3, 0.4) is 0 Å². The molecule has 38 heavy (non-hydrogen) atoms. The molecule has 0 bridgehead atoms. The Morgan fingerprint density at radius 3 is 2.63 bits per heavy atom. The van der Waals surface area contributed by atoms with E-state index in [4.69, 9.17) is 4.74 Å². The van der Waals surface area contributed by atoms with Crippen molar-refractivity contribution in [3.8, 4) is 0 Å². The summed E-state index contributed by atoms with van der Waals surface area (Å²) in [7, 11) is 1.97. The first-order valence-corrected chi connectivity index (χ1v) is 12.7. The highest BCUT2D eigenvalue weighted by Crippen LogP contribution is 2.25. The number of anilines is 2. The van der Waals surface area contributed by atoms with Gasteiger partial charge in [0.05, 0.1) is 17.9 Å². The molecule has 0 atom stereocenters. The molecule has 2 N–H and O–H groups in total. The number of benzene rings is 3. The highest BCUT2D eigenvalue weighted by Gasteiger charge is 2.17. The molecule has 0 aliphatic rings. The van der Waals surface area contributed by atoms with Crippen molar-refractivity contribution < 1.29 is 14.3 Å². The molecule has 0 aliphatic carbocycles. The lowest BCUT2D eigenvalue weighted by Gasteiger charge is -2.21. The molecule has 3 aromatic carbocycles. The summed E-state index contributed by atoms with van der Waals surface area (Å²) in [6.45, 7) is 4.67. The number of allylic oxidation sites excluding steroid dienone is 1. The lowest BCUT2D eigenvalue weighted by molar-refractivity contribution is -0.111. The zero-order chi connectivity index (χ0) is 26.9. The van der Waals surface area contributed by atoms with Crippen molar-refractivity contribution >= 4 is 39.6 Å². The van der Waals surface area contributed by atoms with E-state index in [1.807, 2.05) is 50.4 Å². The number of H-pyrrole nitrogens is 1. The number of rotatable bonds is 11. The fourth-order valence-corrected chi connectivity index (χ4v) is 4.19. The number of esters is 1. The number of carbonyl (C=O) groups excluding carboxylic acids is 2. The Balaban J connectivity index is 1.45. The molecule has 9 nitrogen and oxygen atoms in total. The smallest absolute Gasteiger partial charge is 0.340 e. The predicted octanol–water partition coefficient (Wildman–Crippen LogP) is 5.03. The minimum Gasteiger partial charge on any atom is -0.462 e. The maximum absolute atomic E-state index is 12.9. The van der Waals surface area contributed by atoms with Crippen molar-refractivity contribution in [1.29, 1.82) is 0 Å². The first-order chi connectivity index (χ1) is 18.4. The second kappa shape index (κ2) is 12.6. The molecule has 1 amide bonds. The molecule has 0 radical (unpaired) electrons. The maximum Gasteiger partial charge on any atom is 0.340 e. The van der Waals surface area contributed by atoms with Gasteiger partial charge in [-0.1, -0.05) is 36.4 Å². The SMILES string of the molecule is CCOC(=O)c1cc(N(C)CCCCc2nnn[nH]2)ccc1NC(=O)/C=C(/C)c1ccc2ccccc2c1. The zero-order valence-corrected chi connectivity index (χ0v) is 21.9. The molecule has 0 spiro atoms. The number of unbranched alkanes of at least 4 members (excludes halogenated alkanes) is 1. The van der Waals surface area contributed by atoms with Crippen LogP contribution in [0.2, 0.25) is 0 Å². The standard InChI is InChI=1S/C29H32N6O3/c1-4-38-29(37)25-19-24(35(3)16-8-7-11-27-31-33-34-32-27)14-15-26(25)30-28(36)17-20(2)22-13-12-21-9-5-6-10-23(21)18-22/h5-6,9-10,12-15,17-19H,4,7-8,11,16H2,1-3H3,(H,30,36)(H,31,32,33,34)/b20-17-. The Kier molecular flexibility index (Phi) is 8.81. The number of amides is 1. The molecule has 0 saturated heterocycles. The lowest BCUT2D eigenvalue weighted by atomic mass is 10.0. The van der Waals surface area contributed by atoms with Gasteiger partial charge < -0.3 is 15.0 Å². The average Bonchev–Trinajstić information content (AvgIpc) is 3.44. The number of ether oxygens (including phenoxy) is 1. The van der Waals surface area contributed by atoms with Gasteiger partial charge in [0.2, 0.25) is 5.91 Å². The van der Waals surface area contributed by atoms with Crippen LogP contribution < -0.4 is 10.2 Å². The van der Waals surface area contributed by atoms with Crippen molar-refractivity contribution in [2.75, 3.05) is 30.4 Å². The summed E-state index contributed by atoms with van der Waals surface area (Å²) in [5.74, 6) is -0.0300. The van der Waals surface area contributed by atoms with Crippen LogP contribution in [0.1, 0.15) is 48.4 Å². The number of carbonyl (C=O) groups is 2. The van der Waals surface area contributed by atoms with Crippen LogP contribution in [-0.2, 0) is 16.0 Å².